The zero-order valence-electron chi connectivity index (χ0n) is 16.0. The van der Waals surface area contributed by atoms with Crippen molar-refractivity contribution in [2.24, 2.45) is 7.05 Å². The predicted octanol–water partition coefficient (Wildman–Crippen LogP) is 5.38. The van der Waals surface area contributed by atoms with E-state index in [2.05, 4.69) is 25.1 Å². The minimum atomic E-state index is 0.0864. The van der Waals surface area contributed by atoms with E-state index >= 15 is 0 Å². The van der Waals surface area contributed by atoms with Gasteiger partial charge in [-0.05, 0) is 49.8 Å². The SMILES string of the molecule is CC.Cc1cccc(/C=C/c2nc3sc4c(c3c(=O)n2C)CCCC4)c1. The maximum atomic E-state index is 12.8. The quantitative estimate of drug-likeness (QED) is 0.610. The summed E-state index contributed by atoms with van der Waals surface area (Å²) in [6, 6.07) is 8.30. The van der Waals surface area contributed by atoms with Gasteiger partial charge in [-0.25, -0.2) is 4.98 Å². The lowest BCUT2D eigenvalue weighted by atomic mass is 9.97. The molecule has 0 radical (unpaired) electrons. The molecule has 0 fully saturated rings. The van der Waals surface area contributed by atoms with E-state index in [9.17, 15) is 4.79 Å². The normalized spacial score (nSPS) is 13.5. The Labute approximate surface area is 159 Å². The van der Waals surface area contributed by atoms with E-state index in [1.54, 1.807) is 15.9 Å². The number of hydrogen-bond acceptors (Lipinski definition) is 3. The molecule has 4 rings (SSSR count). The van der Waals surface area contributed by atoms with Crippen LogP contribution in [0.15, 0.2) is 29.1 Å². The predicted molar refractivity (Wildman–Crippen MR) is 113 cm³/mol. The molecule has 0 N–H and O–H groups in total. The lowest BCUT2D eigenvalue weighted by molar-refractivity contribution is 0.699. The summed E-state index contributed by atoms with van der Waals surface area (Å²) in [5, 5.41) is 0.852. The fourth-order valence-corrected chi connectivity index (χ4v) is 4.65. The minimum absolute atomic E-state index is 0.0864. The Morgan fingerprint density at radius 3 is 2.69 bits per heavy atom. The highest BCUT2D eigenvalue weighted by molar-refractivity contribution is 7.18. The van der Waals surface area contributed by atoms with Gasteiger partial charge >= 0.3 is 0 Å². The molecule has 136 valence electrons. The molecule has 4 heteroatoms. The molecule has 0 amide bonds. The summed E-state index contributed by atoms with van der Waals surface area (Å²) in [5.74, 6) is 0.715. The average molecular weight is 367 g/mol. The highest BCUT2D eigenvalue weighted by Gasteiger charge is 2.20. The fourth-order valence-electron chi connectivity index (χ4n) is 3.40. The first-order chi connectivity index (χ1) is 12.6. The molecule has 26 heavy (non-hydrogen) atoms. The van der Waals surface area contributed by atoms with Gasteiger partial charge in [0.25, 0.3) is 5.56 Å². The molecule has 1 aromatic carbocycles. The number of aromatic nitrogens is 2. The lowest BCUT2D eigenvalue weighted by Crippen LogP contribution is -2.21. The molecule has 1 aliphatic rings. The summed E-state index contributed by atoms with van der Waals surface area (Å²) in [7, 11) is 1.82. The molecule has 2 heterocycles. The van der Waals surface area contributed by atoms with Crippen molar-refractivity contribution in [3.05, 3.63) is 62.0 Å². The lowest BCUT2D eigenvalue weighted by Gasteiger charge is -2.10. The summed E-state index contributed by atoms with van der Waals surface area (Å²) in [5.41, 5.74) is 3.68. The standard InChI is InChI=1S/C20H20N2OS.C2H6/c1-13-6-5-7-14(12-13)10-11-17-21-19-18(20(23)22(17)2)15-8-3-4-9-16(15)24-19;1-2/h5-7,10-12H,3-4,8-9H2,1-2H3;1-2H3/b11-10+;. The molecule has 0 atom stereocenters. The minimum Gasteiger partial charge on any atom is -0.296 e. The van der Waals surface area contributed by atoms with Crippen LogP contribution in [0.4, 0.5) is 0 Å². The second kappa shape index (κ2) is 8.00. The van der Waals surface area contributed by atoms with Gasteiger partial charge in [0.05, 0.1) is 5.39 Å². The molecule has 1 aliphatic carbocycles. The molecule has 3 aromatic rings. The second-order valence-electron chi connectivity index (χ2n) is 6.47. The maximum absolute atomic E-state index is 12.8. The first-order valence-electron chi connectivity index (χ1n) is 9.39. The van der Waals surface area contributed by atoms with Crippen LogP contribution in [0.3, 0.4) is 0 Å². The van der Waals surface area contributed by atoms with Crippen LogP contribution >= 0.6 is 11.3 Å². The van der Waals surface area contributed by atoms with Crippen LogP contribution in [0.1, 0.15) is 54.1 Å². The Bertz CT molecular complexity index is 1010. The van der Waals surface area contributed by atoms with Gasteiger partial charge in [0.2, 0.25) is 0 Å². The largest absolute Gasteiger partial charge is 0.296 e. The molecule has 0 saturated heterocycles. The van der Waals surface area contributed by atoms with Gasteiger partial charge in [-0.3, -0.25) is 9.36 Å². The van der Waals surface area contributed by atoms with Crippen molar-refractivity contribution < 1.29 is 0 Å². The fraction of sp³-hybridized carbons (Fsp3) is 0.364. The molecule has 0 saturated carbocycles. The molecule has 0 aliphatic heterocycles. The van der Waals surface area contributed by atoms with E-state index in [0.717, 1.165) is 28.6 Å². The van der Waals surface area contributed by atoms with Gasteiger partial charge in [-0.15, -0.1) is 11.3 Å². The molecule has 0 unspecified atom stereocenters. The van der Waals surface area contributed by atoms with Crippen LogP contribution in [0.25, 0.3) is 22.4 Å². The summed E-state index contributed by atoms with van der Waals surface area (Å²) >= 11 is 1.70. The van der Waals surface area contributed by atoms with Crippen molar-refractivity contribution in [1.82, 2.24) is 9.55 Å². The average Bonchev–Trinajstić information content (AvgIpc) is 3.03. The van der Waals surface area contributed by atoms with Crippen LogP contribution in [-0.4, -0.2) is 9.55 Å². The van der Waals surface area contributed by atoms with Crippen LogP contribution in [-0.2, 0) is 19.9 Å². The number of rotatable bonds is 2. The molecule has 3 nitrogen and oxygen atoms in total. The first kappa shape index (κ1) is 18.6. The molecular weight excluding hydrogens is 340 g/mol. The first-order valence-corrected chi connectivity index (χ1v) is 10.2. The zero-order chi connectivity index (χ0) is 18.7. The van der Waals surface area contributed by atoms with E-state index in [-0.39, 0.29) is 5.56 Å². The van der Waals surface area contributed by atoms with Crippen LogP contribution < -0.4 is 5.56 Å². The van der Waals surface area contributed by atoms with Crippen molar-refractivity contribution in [2.75, 3.05) is 0 Å². The number of benzene rings is 1. The maximum Gasteiger partial charge on any atom is 0.262 e. The number of aryl methyl sites for hydroxylation is 3. The number of thiophene rings is 1. The van der Waals surface area contributed by atoms with E-state index in [1.165, 1.54) is 28.8 Å². The van der Waals surface area contributed by atoms with Gasteiger partial charge < -0.3 is 0 Å². The van der Waals surface area contributed by atoms with Gasteiger partial charge in [0, 0.05) is 11.9 Å². The van der Waals surface area contributed by atoms with E-state index in [4.69, 9.17) is 4.98 Å². The molecule has 0 spiro atoms. The van der Waals surface area contributed by atoms with Crippen molar-refractivity contribution in [3.8, 4) is 0 Å². The summed E-state index contributed by atoms with van der Waals surface area (Å²) in [6.45, 7) is 6.08. The summed E-state index contributed by atoms with van der Waals surface area (Å²) in [6.07, 6.45) is 8.47. The Balaban J connectivity index is 0.000000948. The van der Waals surface area contributed by atoms with E-state index < -0.39 is 0 Å². The third kappa shape index (κ3) is 3.51. The Morgan fingerprint density at radius 2 is 1.92 bits per heavy atom. The molecule has 0 bridgehead atoms. The number of hydrogen-bond donors (Lipinski definition) is 0. The van der Waals surface area contributed by atoms with Gasteiger partial charge in [0.15, 0.2) is 0 Å². The highest BCUT2D eigenvalue weighted by atomic mass is 32.1. The van der Waals surface area contributed by atoms with Crippen LogP contribution in [0.5, 0.6) is 0 Å². The third-order valence-electron chi connectivity index (χ3n) is 4.70. The van der Waals surface area contributed by atoms with Crippen molar-refractivity contribution in [1.29, 1.82) is 0 Å². The molecular formula is C22H26N2OS. The Hall–Kier alpha value is -2.20. The number of fused-ring (bicyclic) bond motifs is 3. The van der Waals surface area contributed by atoms with Gasteiger partial charge in [-0.2, -0.15) is 0 Å². The van der Waals surface area contributed by atoms with Crippen LogP contribution in [0.2, 0.25) is 0 Å². The van der Waals surface area contributed by atoms with Gasteiger partial charge in [0.1, 0.15) is 10.7 Å². The summed E-state index contributed by atoms with van der Waals surface area (Å²) < 4.78 is 1.68. The Kier molecular flexibility index (Phi) is 5.72. The number of nitrogens with zero attached hydrogens (tertiary/aromatic N) is 2. The topological polar surface area (TPSA) is 34.9 Å². The van der Waals surface area contributed by atoms with E-state index in [0.29, 0.717) is 5.82 Å². The second-order valence-corrected chi connectivity index (χ2v) is 7.56. The van der Waals surface area contributed by atoms with Crippen molar-refractivity contribution >= 4 is 33.7 Å². The highest BCUT2D eigenvalue weighted by Crippen LogP contribution is 2.33. The Morgan fingerprint density at radius 1 is 1.15 bits per heavy atom. The van der Waals surface area contributed by atoms with Crippen LogP contribution in [0, 0.1) is 6.92 Å². The van der Waals surface area contributed by atoms with Gasteiger partial charge in [-0.1, -0.05) is 49.8 Å². The smallest absolute Gasteiger partial charge is 0.262 e. The monoisotopic (exact) mass is 366 g/mol. The third-order valence-corrected chi connectivity index (χ3v) is 5.88. The zero-order valence-corrected chi connectivity index (χ0v) is 16.8. The molecule has 2 aromatic heterocycles. The van der Waals surface area contributed by atoms with Crippen molar-refractivity contribution in [3.63, 3.8) is 0 Å². The van der Waals surface area contributed by atoms with Crippen molar-refractivity contribution in [2.45, 2.75) is 46.5 Å². The van der Waals surface area contributed by atoms with E-state index in [1.807, 2.05) is 39.1 Å². The summed E-state index contributed by atoms with van der Waals surface area (Å²) in [4.78, 5) is 19.9.